The van der Waals surface area contributed by atoms with Crippen molar-refractivity contribution in [3.63, 3.8) is 0 Å². The van der Waals surface area contributed by atoms with Crippen LogP contribution in [0.2, 0.25) is 0 Å². The predicted molar refractivity (Wildman–Crippen MR) is 67.3 cm³/mol. The number of aliphatic imine (C=N–C) groups is 1. The second kappa shape index (κ2) is 5.84. The number of rotatable bonds is 4. The molecule has 1 aromatic rings. The topological polar surface area (TPSA) is 69.9 Å². The molecule has 90 valence electrons. The van der Waals surface area contributed by atoms with E-state index in [4.69, 9.17) is 5.11 Å². The lowest BCUT2D eigenvalue weighted by atomic mass is 10.1. The fourth-order valence-electron chi connectivity index (χ4n) is 1.19. The van der Waals surface area contributed by atoms with Gasteiger partial charge in [0.1, 0.15) is 11.3 Å². The fraction of sp³-hybridized carbons (Fsp3) is 0.231. The minimum atomic E-state index is -1.20. The van der Waals surface area contributed by atoms with Crippen LogP contribution in [0, 0.1) is 0 Å². The molecule has 2 N–H and O–H groups in total. The monoisotopic (exact) mass is 233 g/mol. The smallest absolute Gasteiger partial charge is 0.341 e. The number of carboxylic acid groups (broad SMARTS) is 1. The molecule has 4 heteroatoms. The molecule has 1 rings (SSSR count). The third-order valence-corrected chi connectivity index (χ3v) is 2.03. The van der Waals surface area contributed by atoms with E-state index >= 15 is 0 Å². The molecule has 0 aromatic heterocycles. The second-order valence-corrected chi connectivity index (χ2v) is 3.81. The highest BCUT2D eigenvalue weighted by Crippen LogP contribution is 2.14. The minimum Gasteiger partial charge on any atom is -0.506 e. The Bertz CT molecular complexity index is 447. The van der Waals surface area contributed by atoms with Crippen LogP contribution in [0.5, 0.6) is 0 Å². The summed E-state index contributed by atoms with van der Waals surface area (Å²) in [7, 11) is 0. The molecule has 0 spiro atoms. The molecule has 0 amide bonds. The van der Waals surface area contributed by atoms with Crippen LogP contribution in [0.15, 0.2) is 40.9 Å². The van der Waals surface area contributed by atoms with E-state index in [1.807, 2.05) is 13.8 Å². The molecular formula is C13H15NO3. The van der Waals surface area contributed by atoms with Crippen molar-refractivity contribution < 1.29 is 15.0 Å². The largest absolute Gasteiger partial charge is 0.506 e. The van der Waals surface area contributed by atoms with Gasteiger partial charge in [-0.15, -0.1) is 0 Å². The van der Waals surface area contributed by atoms with Gasteiger partial charge in [-0.25, -0.2) is 4.79 Å². The van der Waals surface area contributed by atoms with E-state index in [9.17, 15) is 9.90 Å². The summed E-state index contributed by atoms with van der Waals surface area (Å²) < 4.78 is 0. The first-order valence-electron chi connectivity index (χ1n) is 5.27. The Morgan fingerprint density at radius 1 is 1.24 bits per heavy atom. The highest BCUT2D eigenvalue weighted by Gasteiger charge is 2.13. The van der Waals surface area contributed by atoms with Crippen molar-refractivity contribution in [2.75, 3.05) is 0 Å². The van der Waals surface area contributed by atoms with Crippen molar-refractivity contribution in [2.24, 2.45) is 4.99 Å². The van der Waals surface area contributed by atoms with Gasteiger partial charge in [0.25, 0.3) is 0 Å². The number of aliphatic carboxylic acids is 1. The number of hydrogen-bond donors (Lipinski definition) is 2. The van der Waals surface area contributed by atoms with E-state index < -0.39 is 5.97 Å². The lowest BCUT2D eigenvalue weighted by Crippen LogP contribution is -2.07. The normalized spacial score (nSPS) is 12.9. The maximum Gasteiger partial charge on any atom is 0.341 e. The number of aliphatic hydroxyl groups excluding tert-OH is 1. The molecule has 0 saturated heterocycles. The SMILES string of the molecule is CC(C)N=CC(C(=O)O)=C(O)c1ccccc1. The zero-order valence-corrected chi connectivity index (χ0v) is 9.79. The number of aliphatic hydroxyl groups is 1. The number of carbonyl (C=O) groups is 1. The standard InChI is InChI=1S/C13H15NO3/c1-9(2)14-8-11(13(16)17)12(15)10-6-4-3-5-7-10/h3-9,15H,1-2H3,(H,16,17). The third-order valence-electron chi connectivity index (χ3n) is 2.03. The Labute approximate surface area is 99.9 Å². The van der Waals surface area contributed by atoms with Gasteiger partial charge in [0.2, 0.25) is 0 Å². The van der Waals surface area contributed by atoms with Gasteiger partial charge < -0.3 is 10.2 Å². The van der Waals surface area contributed by atoms with Crippen molar-refractivity contribution in [1.82, 2.24) is 0 Å². The minimum absolute atomic E-state index is 0.0204. The van der Waals surface area contributed by atoms with Crippen LogP contribution in [0.3, 0.4) is 0 Å². The van der Waals surface area contributed by atoms with Gasteiger partial charge in [0.15, 0.2) is 0 Å². The number of benzene rings is 1. The molecule has 0 fully saturated rings. The molecule has 0 aliphatic carbocycles. The molecule has 1 aromatic carbocycles. The molecule has 0 aliphatic rings. The molecule has 17 heavy (non-hydrogen) atoms. The van der Waals surface area contributed by atoms with Crippen molar-refractivity contribution >= 4 is 17.9 Å². The van der Waals surface area contributed by atoms with Crippen molar-refractivity contribution in [3.05, 3.63) is 41.5 Å². The first-order chi connectivity index (χ1) is 8.02. The van der Waals surface area contributed by atoms with E-state index in [2.05, 4.69) is 4.99 Å². The van der Waals surface area contributed by atoms with Gasteiger partial charge in [-0.05, 0) is 13.8 Å². The summed E-state index contributed by atoms with van der Waals surface area (Å²) in [5, 5.41) is 18.9. The Kier molecular flexibility index (Phi) is 4.46. The van der Waals surface area contributed by atoms with Crippen LogP contribution in [0.25, 0.3) is 5.76 Å². The van der Waals surface area contributed by atoms with Crippen molar-refractivity contribution in [1.29, 1.82) is 0 Å². The van der Waals surface area contributed by atoms with Crippen LogP contribution in [-0.4, -0.2) is 28.4 Å². The summed E-state index contributed by atoms with van der Waals surface area (Å²) in [6.07, 6.45) is 1.19. The molecule has 0 radical (unpaired) electrons. The summed E-state index contributed by atoms with van der Waals surface area (Å²) in [6, 6.07) is 8.50. The molecule has 0 bridgehead atoms. The summed E-state index contributed by atoms with van der Waals surface area (Å²) in [5.74, 6) is -1.47. The first kappa shape index (κ1) is 13.0. The average Bonchev–Trinajstić information content (AvgIpc) is 2.29. The summed E-state index contributed by atoms with van der Waals surface area (Å²) >= 11 is 0. The van der Waals surface area contributed by atoms with Crippen molar-refractivity contribution in [3.8, 4) is 0 Å². The van der Waals surface area contributed by atoms with Crippen molar-refractivity contribution in [2.45, 2.75) is 19.9 Å². The fourth-order valence-corrected chi connectivity index (χ4v) is 1.19. The highest BCUT2D eigenvalue weighted by molar-refractivity contribution is 6.14. The predicted octanol–water partition coefficient (Wildman–Crippen LogP) is 2.52. The van der Waals surface area contributed by atoms with E-state index in [1.54, 1.807) is 30.3 Å². The summed E-state index contributed by atoms with van der Waals surface area (Å²) in [5.41, 5.74) is 0.255. The van der Waals surface area contributed by atoms with E-state index in [1.165, 1.54) is 6.21 Å². The van der Waals surface area contributed by atoms with Crippen LogP contribution in [0.4, 0.5) is 0 Å². The van der Waals surface area contributed by atoms with E-state index in [0.717, 1.165) is 0 Å². The van der Waals surface area contributed by atoms with E-state index in [0.29, 0.717) is 5.56 Å². The Morgan fingerprint density at radius 2 is 1.82 bits per heavy atom. The molecule has 0 aliphatic heterocycles. The van der Waals surface area contributed by atoms with Crippen LogP contribution in [0.1, 0.15) is 19.4 Å². The third kappa shape index (κ3) is 3.75. The van der Waals surface area contributed by atoms with Gasteiger partial charge >= 0.3 is 5.97 Å². The van der Waals surface area contributed by atoms with Gasteiger partial charge in [0.05, 0.1) is 0 Å². The van der Waals surface area contributed by atoms with Gasteiger partial charge in [-0.1, -0.05) is 30.3 Å². The van der Waals surface area contributed by atoms with Crippen LogP contribution < -0.4 is 0 Å². The molecule has 0 atom stereocenters. The molecule has 0 saturated carbocycles. The number of carboxylic acids is 1. The van der Waals surface area contributed by atoms with Gasteiger partial charge in [-0.2, -0.15) is 0 Å². The first-order valence-corrected chi connectivity index (χ1v) is 5.27. The molecular weight excluding hydrogens is 218 g/mol. The van der Waals surface area contributed by atoms with Gasteiger partial charge in [-0.3, -0.25) is 4.99 Å². The lowest BCUT2D eigenvalue weighted by Gasteiger charge is -2.03. The zero-order chi connectivity index (χ0) is 12.8. The van der Waals surface area contributed by atoms with Crippen LogP contribution in [-0.2, 0) is 4.79 Å². The quantitative estimate of drug-likeness (QED) is 0.477. The van der Waals surface area contributed by atoms with Crippen LogP contribution >= 0.6 is 0 Å². The second-order valence-electron chi connectivity index (χ2n) is 3.81. The average molecular weight is 233 g/mol. The molecule has 4 nitrogen and oxygen atoms in total. The highest BCUT2D eigenvalue weighted by atomic mass is 16.4. The summed E-state index contributed by atoms with van der Waals surface area (Å²) in [6.45, 7) is 3.66. The molecule has 0 unspecified atom stereocenters. The zero-order valence-electron chi connectivity index (χ0n) is 9.79. The Balaban J connectivity index is 3.16. The van der Waals surface area contributed by atoms with E-state index in [-0.39, 0.29) is 17.4 Å². The maximum absolute atomic E-state index is 11.0. The lowest BCUT2D eigenvalue weighted by molar-refractivity contribution is -0.132. The number of nitrogens with zero attached hydrogens (tertiary/aromatic N) is 1. The maximum atomic E-state index is 11.0. The summed E-state index contributed by atoms with van der Waals surface area (Å²) in [4.78, 5) is 15.0. The Hall–Kier alpha value is -2.10. The van der Waals surface area contributed by atoms with Gasteiger partial charge in [0, 0.05) is 17.8 Å². The number of hydrogen-bond acceptors (Lipinski definition) is 3. The molecule has 0 heterocycles. The Morgan fingerprint density at radius 3 is 2.29 bits per heavy atom.